The smallest absolute Gasteiger partial charge is 0.315 e. The highest BCUT2D eigenvalue weighted by molar-refractivity contribution is 5.93. The van der Waals surface area contributed by atoms with Gasteiger partial charge in [0.1, 0.15) is 5.82 Å². The largest absolute Gasteiger partial charge is 0.355 e. The van der Waals surface area contributed by atoms with Gasteiger partial charge in [0.05, 0.1) is 0 Å². The molecule has 0 fully saturated rings. The van der Waals surface area contributed by atoms with Crippen molar-refractivity contribution in [3.63, 3.8) is 0 Å². The summed E-state index contributed by atoms with van der Waals surface area (Å²) in [5.41, 5.74) is 2.71. The molecular formula is C18H20FN3O2. The van der Waals surface area contributed by atoms with Crippen LogP contribution in [0.2, 0.25) is 0 Å². The van der Waals surface area contributed by atoms with E-state index < -0.39 is 0 Å². The molecule has 2 rings (SSSR count). The van der Waals surface area contributed by atoms with Crippen molar-refractivity contribution in [2.45, 2.75) is 20.0 Å². The summed E-state index contributed by atoms with van der Waals surface area (Å²) >= 11 is 0. The maximum Gasteiger partial charge on any atom is 0.315 e. The molecule has 0 radical (unpaired) electrons. The van der Waals surface area contributed by atoms with Gasteiger partial charge < -0.3 is 16.0 Å². The molecule has 0 bridgehead atoms. The van der Waals surface area contributed by atoms with E-state index in [0.717, 1.165) is 5.56 Å². The average Bonchev–Trinajstić information content (AvgIpc) is 2.60. The molecule has 3 N–H and O–H groups in total. The predicted molar refractivity (Wildman–Crippen MR) is 90.0 cm³/mol. The molecule has 0 aromatic heterocycles. The van der Waals surface area contributed by atoms with Crippen LogP contribution < -0.4 is 16.0 Å². The Labute approximate surface area is 140 Å². The molecule has 0 atom stereocenters. The van der Waals surface area contributed by atoms with Crippen LogP contribution in [0.3, 0.4) is 0 Å². The number of urea groups is 1. The van der Waals surface area contributed by atoms with E-state index in [1.165, 1.54) is 6.07 Å². The van der Waals surface area contributed by atoms with Crippen molar-refractivity contribution in [2.75, 3.05) is 7.05 Å². The number of amides is 3. The molecule has 126 valence electrons. The van der Waals surface area contributed by atoms with Gasteiger partial charge in [-0.3, -0.25) is 4.79 Å². The van der Waals surface area contributed by atoms with E-state index in [2.05, 4.69) is 16.0 Å². The van der Waals surface area contributed by atoms with Crippen LogP contribution in [0.1, 0.15) is 27.0 Å². The van der Waals surface area contributed by atoms with Crippen LogP contribution in [0, 0.1) is 12.7 Å². The first-order valence-corrected chi connectivity index (χ1v) is 7.57. The molecule has 0 unspecified atom stereocenters. The molecule has 0 aliphatic carbocycles. The average molecular weight is 329 g/mol. The lowest BCUT2D eigenvalue weighted by Crippen LogP contribution is -2.34. The van der Waals surface area contributed by atoms with Gasteiger partial charge in [-0.25, -0.2) is 9.18 Å². The van der Waals surface area contributed by atoms with Crippen LogP contribution in [0.15, 0.2) is 42.5 Å². The van der Waals surface area contributed by atoms with E-state index in [4.69, 9.17) is 0 Å². The van der Waals surface area contributed by atoms with Crippen LogP contribution in [-0.2, 0) is 13.1 Å². The molecule has 0 spiro atoms. The maximum absolute atomic E-state index is 13.4. The standard InChI is InChI=1S/C18H20FN3O2/c1-12-3-4-14(9-16(12)19)11-22-18(24)21-10-13-5-7-15(8-6-13)17(23)20-2/h3-9H,10-11H2,1-2H3,(H,20,23)(H2,21,22,24). The zero-order valence-electron chi connectivity index (χ0n) is 13.7. The zero-order valence-corrected chi connectivity index (χ0v) is 13.7. The molecule has 2 aromatic rings. The van der Waals surface area contributed by atoms with Crippen molar-refractivity contribution in [1.29, 1.82) is 0 Å². The van der Waals surface area contributed by atoms with Crippen molar-refractivity contribution in [3.05, 3.63) is 70.5 Å². The first-order valence-electron chi connectivity index (χ1n) is 7.57. The third kappa shape index (κ3) is 4.81. The lowest BCUT2D eigenvalue weighted by atomic mass is 10.1. The third-order valence-corrected chi connectivity index (χ3v) is 3.59. The Morgan fingerprint density at radius 1 is 0.958 bits per heavy atom. The summed E-state index contributed by atoms with van der Waals surface area (Å²) in [6.07, 6.45) is 0. The number of carbonyl (C=O) groups excluding carboxylic acids is 2. The molecule has 6 heteroatoms. The number of carbonyl (C=O) groups is 2. The van der Waals surface area contributed by atoms with Gasteiger partial charge in [0, 0.05) is 25.7 Å². The second kappa shape index (κ2) is 8.10. The molecule has 3 amide bonds. The number of nitrogens with one attached hydrogen (secondary N) is 3. The Morgan fingerprint density at radius 3 is 2.12 bits per heavy atom. The van der Waals surface area contributed by atoms with Crippen LogP contribution in [-0.4, -0.2) is 19.0 Å². The Balaban J connectivity index is 1.80. The summed E-state index contributed by atoms with van der Waals surface area (Å²) in [7, 11) is 1.57. The fraction of sp³-hybridized carbons (Fsp3) is 0.222. The Kier molecular flexibility index (Phi) is 5.89. The number of hydrogen-bond donors (Lipinski definition) is 3. The minimum Gasteiger partial charge on any atom is -0.355 e. The Hall–Kier alpha value is -2.89. The number of halogens is 1. The van der Waals surface area contributed by atoms with Crippen molar-refractivity contribution < 1.29 is 14.0 Å². The molecular weight excluding hydrogens is 309 g/mol. The summed E-state index contributed by atoms with van der Waals surface area (Å²) < 4.78 is 13.4. The first-order chi connectivity index (χ1) is 11.5. The second-order valence-electron chi connectivity index (χ2n) is 5.40. The third-order valence-electron chi connectivity index (χ3n) is 3.59. The van der Waals surface area contributed by atoms with Crippen molar-refractivity contribution >= 4 is 11.9 Å². The number of rotatable bonds is 5. The number of benzene rings is 2. The predicted octanol–water partition coefficient (Wildman–Crippen LogP) is 2.49. The molecule has 0 aliphatic rings. The maximum atomic E-state index is 13.4. The van der Waals surface area contributed by atoms with E-state index in [1.807, 2.05) is 0 Å². The zero-order chi connectivity index (χ0) is 17.5. The fourth-order valence-electron chi connectivity index (χ4n) is 2.09. The van der Waals surface area contributed by atoms with E-state index in [9.17, 15) is 14.0 Å². The molecule has 0 aliphatic heterocycles. The SMILES string of the molecule is CNC(=O)c1ccc(CNC(=O)NCc2ccc(C)c(F)c2)cc1. The molecule has 5 nitrogen and oxygen atoms in total. The molecule has 24 heavy (non-hydrogen) atoms. The summed E-state index contributed by atoms with van der Waals surface area (Å²) in [4.78, 5) is 23.2. The van der Waals surface area contributed by atoms with Gasteiger partial charge in [-0.2, -0.15) is 0 Å². The normalized spacial score (nSPS) is 10.1. The van der Waals surface area contributed by atoms with E-state index in [-0.39, 0.29) is 24.3 Å². The molecule has 0 saturated carbocycles. The van der Waals surface area contributed by atoms with E-state index >= 15 is 0 Å². The summed E-state index contributed by atoms with van der Waals surface area (Å²) in [6.45, 7) is 2.27. The monoisotopic (exact) mass is 329 g/mol. The van der Waals surface area contributed by atoms with Gasteiger partial charge >= 0.3 is 6.03 Å². The van der Waals surface area contributed by atoms with Gasteiger partial charge in [-0.05, 0) is 41.8 Å². The first kappa shape index (κ1) is 17.5. The Morgan fingerprint density at radius 2 is 1.54 bits per heavy atom. The lowest BCUT2D eigenvalue weighted by molar-refractivity contribution is 0.0963. The van der Waals surface area contributed by atoms with Gasteiger partial charge in [0.25, 0.3) is 5.91 Å². The van der Waals surface area contributed by atoms with Crippen molar-refractivity contribution in [2.24, 2.45) is 0 Å². The topological polar surface area (TPSA) is 70.2 Å². The molecule has 0 heterocycles. The van der Waals surface area contributed by atoms with Gasteiger partial charge in [0.2, 0.25) is 0 Å². The number of aryl methyl sites for hydroxylation is 1. The number of hydrogen-bond acceptors (Lipinski definition) is 2. The van der Waals surface area contributed by atoms with E-state index in [1.54, 1.807) is 50.4 Å². The van der Waals surface area contributed by atoms with Gasteiger partial charge in [-0.15, -0.1) is 0 Å². The highest BCUT2D eigenvalue weighted by atomic mass is 19.1. The highest BCUT2D eigenvalue weighted by Gasteiger charge is 2.05. The molecule has 2 aromatic carbocycles. The van der Waals surface area contributed by atoms with E-state index in [0.29, 0.717) is 23.2 Å². The van der Waals surface area contributed by atoms with Crippen molar-refractivity contribution in [1.82, 2.24) is 16.0 Å². The van der Waals surface area contributed by atoms with Crippen LogP contribution >= 0.6 is 0 Å². The van der Waals surface area contributed by atoms with Crippen LogP contribution in [0.4, 0.5) is 9.18 Å². The highest BCUT2D eigenvalue weighted by Crippen LogP contribution is 2.09. The minimum absolute atomic E-state index is 0.155. The van der Waals surface area contributed by atoms with Crippen LogP contribution in [0.25, 0.3) is 0 Å². The quantitative estimate of drug-likeness (QED) is 0.789. The minimum atomic E-state index is -0.341. The summed E-state index contributed by atoms with van der Waals surface area (Å²) in [6, 6.07) is 11.5. The fourth-order valence-corrected chi connectivity index (χ4v) is 2.09. The second-order valence-corrected chi connectivity index (χ2v) is 5.40. The van der Waals surface area contributed by atoms with Gasteiger partial charge in [0.15, 0.2) is 0 Å². The lowest BCUT2D eigenvalue weighted by Gasteiger charge is -2.09. The van der Waals surface area contributed by atoms with Crippen LogP contribution in [0.5, 0.6) is 0 Å². The summed E-state index contributed by atoms with van der Waals surface area (Å²) in [5.74, 6) is -0.441. The Bertz CT molecular complexity index is 730. The summed E-state index contributed by atoms with van der Waals surface area (Å²) in [5, 5.41) is 7.93. The van der Waals surface area contributed by atoms with Crippen molar-refractivity contribution in [3.8, 4) is 0 Å². The van der Waals surface area contributed by atoms with Gasteiger partial charge in [-0.1, -0.05) is 24.3 Å². The molecule has 0 saturated heterocycles.